The van der Waals surface area contributed by atoms with Crippen molar-refractivity contribution in [2.45, 2.75) is 32.5 Å². The van der Waals surface area contributed by atoms with Crippen LogP contribution in [-0.2, 0) is 9.53 Å². The highest BCUT2D eigenvalue weighted by Gasteiger charge is 2.33. The molecular weight excluding hydrogens is 484 g/mol. The van der Waals surface area contributed by atoms with Gasteiger partial charge in [-0.15, -0.1) is 5.10 Å². The van der Waals surface area contributed by atoms with E-state index in [2.05, 4.69) is 45.7 Å². The summed E-state index contributed by atoms with van der Waals surface area (Å²) in [6.07, 6.45) is 7.69. The summed E-state index contributed by atoms with van der Waals surface area (Å²) in [6, 6.07) is 10.2. The van der Waals surface area contributed by atoms with Crippen LogP contribution in [-0.4, -0.2) is 64.1 Å². The predicted octanol–water partition coefficient (Wildman–Crippen LogP) is 3.17. The van der Waals surface area contributed by atoms with Gasteiger partial charge in [-0.2, -0.15) is 5.10 Å². The Bertz CT molecular complexity index is 1400. The Hall–Kier alpha value is -4.25. The van der Waals surface area contributed by atoms with E-state index < -0.39 is 6.17 Å². The van der Waals surface area contributed by atoms with Crippen LogP contribution in [0.5, 0.6) is 0 Å². The van der Waals surface area contributed by atoms with Gasteiger partial charge in [0, 0.05) is 36.9 Å². The Labute approximate surface area is 220 Å². The molecule has 3 aromatic rings. The SMILES string of the molecule is CC(C)n1cc(-c2nnc(N[C@H]3N=C(c4ccccc4)C4CC=CC=C4NC3=O)o2)c(N2CCOCC2)n1. The molecule has 2 atom stereocenters. The van der Waals surface area contributed by atoms with E-state index in [9.17, 15) is 4.79 Å². The second-order valence-corrected chi connectivity index (χ2v) is 9.71. The first-order chi connectivity index (χ1) is 18.6. The fraction of sp³-hybridized carbons (Fsp3) is 0.370. The number of nitrogens with one attached hydrogen (secondary N) is 2. The van der Waals surface area contributed by atoms with Crippen LogP contribution in [0, 0.1) is 5.92 Å². The minimum absolute atomic E-state index is 0.0469. The van der Waals surface area contributed by atoms with Crippen LogP contribution in [0.4, 0.5) is 11.8 Å². The molecule has 2 N–H and O–H groups in total. The van der Waals surface area contributed by atoms with Gasteiger partial charge in [0.1, 0.15) is 5.56 Å². The number of carbonyl (C=O) groups excluding carboxylic acids is 1. The van der Waals surface area contributed by atoms with Crippen molar-refractivity contribution >= 4 is 23.5 Å². The number of anilines is 2. The third-order valence-corrected chi connectivity index (χ3v) is 6.81. The number of morpholine rings is 1. The van der Waals surface area contributed by atoms with E-state index in [1.165, 1.54) is 0 Å². The van der Waals surface area contributed by atoms with Crippen LogP contribution >= 0.6 is 0 Å². The van der Waals surface area contributed by atoms with Crippen molar-refractivity contribution in [1.29, 1.82) is 0 Å². The number of amides is 1. The number of nitrogens with zero attached hydrogens (tertiary/aromatic N) is 6. The third-order valence-electron chi connectivity index (χ3n) is 6.81. The topological polar surface area (TPSA) is 123 Å². The number of aromatic nitrogens is 4. The predicted molar refractivity (Wildman–Crippen MR) is 143 cm³/mol. The summed E-state index contributed by atoms with van der Waals surface area (Å²) in [5.74, 6) is 0.762. The van der Waals surface area contributed by atoms with Crippen molar-refractivity contribution in [1.82, 2.24) is 25.3 Å². The summed E-state index contributed by atoms with van der Waals surface area (Å²) in [5.41, 5.74) is 3.35. The third kappa shape index (κ3) is 4.72. The molecule has 0 bridgehead atoms. The lowest BCUT2D eigenvalue weighted by atomic mass is 9.88. The lowest BCUT2D eigenvalue weighted by Crippen LogP contribution is -2.37. The summed E-state index contributed by atoms with van der Waals surface area (Å²) in [6.45, 7) is 6.86. The van der Waals surface area contributed by atoms with Gasteiger partial charge in [0.05, 0.1) is 18.9 Å². The molecule has 196 valence electrons. The Morgan fingerprint density at radius 2 is 1.95 bits per heavy atom. The van der Waals surface area contributed by atoms with Crippen molar-refractivity contribution in [3.05, 3.63) is 66.0 Å². The molecule has 11 heteroatoms. The van der Waals surface area contributed by atoms with E-state index >= 15 is 0 Å². The number of allylic oxidation sites excluding steroid dienone is 4. The van der Waals surface area contributed by atoms with Crippen LogP contribution in [0.2, 0.25) is 0 Å². The number of benzene rings is 1. The Kier molecular flexibility index (Phi) is 6.50. The highest BCUT2D eigenvalue weighted by atomic mass is 16.5. The monoisotopic (exact) mass is 514 g/mol. The first kappa shape index (κ1) is 24.1. The van der Waals surface area contributed by atoms with Gasteiger partial charge >= 0.3 is 6.01 Å². The lowest BCUT2D eigenvalue weighted by molar-refractivity contribution is -0.121. The minimum atomic E-state index is -0.942. The number of hydrogen-bond acceptors (Lipinski definition) is 9. The normalized spacial score (nSPS) is 21.4. The van der Waals surface area contributed by atoms with E-state index in [1.54, 1.807) is 0 Å². The number of carbonyl (C=O) groups is 1. The molecule has 1 unspecified atom stereocenters. The van der Waals surface area contributed by atoms with E-state index in [0.29, 0.717) is 19.1 Å². The van der Waals surface area contributed by atoms with Gasteiger partial charge in [-0.3, -0.25) is 14.5 Å². The molecule has 0 saturated carbocycles. The van der Waals surface area contributed by atoms with Crippen molar-refractivity contribution in [2.75, 3.05) is 36.5 Å². The molecule has 1 saturated heterocycles. The average Bonchev–Trinajstić information content (AvgIpc) is 3.57. The van der Waals surface area contributed by atoms with Crippen molar-refractivity contribution < 1.29 is 13.9 Å². The molecule has 1 aromatic carbocycles. The molecule has 38 heavy (non-hydrogen) atoms. The van der Waals surface area contributed by atoms with Gasteiger partial charge in [0.25, 0.3) is 11.8 Å². The van der Waals surface area contributed by atoms with Gasteiger partial charge < -0.3 is 24.7 Å². The zero-order valence-corrected chi connectivity index (χ0v) is 21.4. The maximum Gasteiger partial charge on any atom is 0.317 e. The molecule has 1 aliphatic carbocycles. The van der Waals surface area contributed by atoms with Gasteiger partial charge in [0.15, 0.2) is 5.82 Å². The summed E-state index contributed by atoms with van der Waals surface area (Å²) < 4.78 is 13.4. The van der Waals surface area contributed by atoms with Gasteiger partial charge in [0.2, 0.25) is 6.17 Å². The molecule has 0 spiro atoms. The summed E-state index contributed by atoms with van der Waals surface area (Å²) >= 11 is 0. The zero-order chi connectivity index (χ0) is 26.1. The highest BCUT2D eigenvalue weighted by molar-refractivity contribution is 6.07. The molecule has 1 fully saturated rings. The quantitative estimate of drug-likeness (QED) is 0.514. The Morgan fingerprint density at radius 3 is 2.74 bits per heavy atom. The summed E-state index contributed by atoms with van der Waals surface area (Å²) in [4.78, 5) is 20.2. The standard InChI is InChI=1S/C27H30N8O3/c1-17(2)35-16-20(24(33-35)34-12-14-37-15-13-34)26-31-32-27(38-26)30-23-25(36)28-21-11-7-6-10-19(21)22(29-23)18-8-4-3-5-9-18/h3-9,11,16-17,19,23H,10,12-15H2,1-2H3,(H,28,36)(H,30,32)/t19?,23-/m1/s1. The Morgan fingerprint density at radius 1 is 1.13 bits per heavy atom. The Balaban J connectivity index is 1.31. The molecule has 11 nitrogen and oxygen atoms in total. The minimum Gasteiger partial charge on any atom is -0.403 e. The fourth-order valence-corrected chi connectivity index (χ4v) is 4.81. The van der Waals surface area contributed by atoms with Crippen LogP contribution in [0.3, 0.4) is 0 Å². The average molecular weight is 515 g/mol. The number of ether oxygens (including phenoxy) is 1. The largest absolute Gasteiger partial charge is 0.403 e. The van der Waals surface area contributed by atoms with E-state index in [1.807, 2.05) is 53.4 Å². The van der Waals surface area contributed by atoms with Gasteiger partial charge in [-0.05, 0) is 31.9 Å². The van der Waals surface area contributed by atoms with E-state index in [-0.39, 0.29) is 23.9 Å². The molecule has 3 aliphatic rings. The van der Waals surface area contributed by atoms with Crippen molar-refractivity contribution in [2.24, 2.45) is 10.9 Å². The molecule has 2 aromatic heterocycles. The molecular formula is C27H30N8O3. The maximum atomic E-state index is 13.2. The van der Waals surface area contributed by atoms with E-state index in [4.69, 9.17) is 19.2 Å². The number of fused-ring (bicyclic) bond motifs is 1. The first-order valence-corrected chi connectivity index (χ1v) is 12.9. The van der Waals surface area contributed by atoms with Crippen molar-refractivity contribution in [3.8, 4) is 11.5 Å². The number of aliphatic imine (C=N–C) groups is 1. The highest BCUT2D eigenvalue weighted by Crippen LogP contribution is 2.32. The number of rotatable bonds is 6. The fourth-order valence-electron chi connectivity index (χ4n) is 4.81. The number of hydrogen-bond donors (Lipinski definition) is 2. The first-order valence-electron chi connectivity index (χ1n) is 12.9. The van der Waals surface area contributed by atoms with Crippen LogP contribution in [0.15, 0.2) is 69.9 Å². The second-order valence-electron chi connectivity index (χ2n) is 9.71. The van der Waals surface area contributed by atoms with Crippen LogP contribution in [0.1, 0.15) is 31.9 Å². The summed E-state index contributed by atoms with van der Waals surface area (Å²) in [5, 5.41) is 19.3. The maximum absolute atomic E-state index is 13.2. The zero-order valence-electron chi connectivity index (χ0n) is 21.4. The van der Waals surface area contributed by atoms with Crippen LogP contribution in [0.25, 0.3) is 11.5 Å². The van der Waals surface area contributed by atoms with E-state index in [0.717, 1.165) is 47.9 Å². The second kappa shape index (κ2) is 10.3. The molecule has 0 radical (unpaired) electrons. The van der Waals surface area contributed by atoms with Gasteiger partial charge in [-0.25, -0.2) is 0 Å². The molecule has 4 heterocycles. The van der Waals surface area contributed by atoms with Crippen LogP contribution < -0.4 is 15.5 Å². The smallest absolute Gasteiger partial charge is 0.317 e. The van der Waals surface area contributed by atoms with Crippen molar-refractivity contribution in [3.63, 3.8) is 0 Å². The van der Waals surface area contributed by atoms with Gasteiger partial charge in [-0.1, -0.05) is 47.6 Å². The molecule has 6 rings (SSSR count). The summed E-state index contributed by atoms with van der Waals surface area (Å²) in [7, 11) is 0. The lowest BCUT2D eigenvalue weighted by Gasteiger charge is -2.27. The molecule has 2 aliphatic heterocycles. The molecule has 1 amide bonds.